The van der Waals surface area contributed by atoms with Crippen molar-refractivity contribution in [3.63, 3.8) is 0 Å². The zero-order valence-corrected chi connectivity index (χ0v) is 18.1. The van der Waals surface area contributed by atoms with Gasteiger partial charge in [0, 0.05) is 23.9 Å². The third-order valence-corrected chi connectivity index (χ3v) is 6.23. The van der Waals surface area contributed by atoms with E-state index in [4.69, 9.17) is 18.9 Å². The molecule has 0 amide bonds. The van der Waals surface area contributed by atoms with E-state index < -0.39 is 11.8 Å². The quantitative estimate of drug-likeness (QED) is 0.397. The number of esters is 1. The molecule has 0 bridgehead atoms. The van der Waals surface area contributed by atoms with Crippen molar-refractivity contribution in [2.75, 3.05) is 33.5 Å². The van der Waals surface area contributed by atoms with Gasteiger partial charge in [0.15, 0.2) is 5.79 Å². The maximum Gasteiger partial charge on any atom is 0.333 e. The monoisotopic (exact) mass is 383 g/mol. The first-order chi connectivity index (χ1) is 12.5. The van der Waals surface area contributed by atoms with Gasteiger partial charge in [0.1, 0.15) is 0 Å². The summed E-state index contributed by atoms with van der Waals surface area (Å²) < 4.78 is 23.3. The molecule has 0 saturated carbocycles. The number of nitrogens with zero attached hydrogens (tertiary/aromatic N) is 1. The third kappa shape index (κ3) is 5.04. The van der Waals surface area contributed by atoms with Crippen molar-refractivity contribution in [2.24, 2.45) is 5.41 Å². The summed E-state index contributed by atoms with van der Waals surface area (Å²) in [5, 5.41) is 0. The molecule has 0 atom stereocenters. The average Bonchev–Trinajstić information content (AvgIpc) is 2.58. The topological polar surface area (TPSA) is 57.2 Å². The van der Waals surface area contributed by atoms with Crippen LogP contribution >= 0.6 is 0 Å². The highest BCUT2D eigenvalue weighted by atomic mass is 16.7. The predicted molar refractivity (Wildman–Crippen MR) is 104 cm³/mol. The Morgan fingerprint density at radius 2 is 1.63 bits per heavy atom. The van der Waals surface area contributed by atoms with Crippen molar-refractivity contribution in [3.8, 4) is 0 Å². The zero-order valence-electron chi connectivity index (χ0n) is 18.1. The normalized spacial score (nSPS) is 26.2. The highest BCUT2D eigenvalue weighted by Crippen LogP contribution is 2.48. The Labute approximate surface area is 164 Å². The van der Waals surface area contributed by atoms with Crippen LogP contribution in [-0.2, 0) is 23.7 Å². The lowest BCUT2D eigenvalue weighted by Crippen LogP contribution is -2.67. The minimum Gasteiger partial charge on any atom is -0.500 e. The lowest BCUT2D eigenvalue weighted by molar-refractivity contribution is -0.344. The number of likely N-dealkylation sites (tertiary alicyclic amines) is 1. The molecule has 0 aromatic heterocycles. The number of carbonyl (C=O) groups is 1. The van der Waals surface area contributed by atoms with E-state index in [2.05, 4.69) is 46.6 Å². The van der Waals surface area contributed by atoms with Crippen molar-refractivity contribution in [2.45, 2.75) is 77.7 Å². The van der Waals surface area contributed by atoms with Gasteiger partial charge in [0.05, 0.1) is 44.2 Å². The van der Waals surface area contributed by atoms with Crippen LogP contribution in [0.1, 0.15) is 60.8 Å². The molecule has 0 aromatic rings. The Morgan fingerprint density at radius 3 is 2.11 bits per heavy atom. The van der Waals surface area contributed by atoms with E-state index in [0.29, 0.717) is 26.4 Å². The first kappa shape index (κ1) is 22.2. The SMILES string of the molecule is CCOC(=O)C=COCC1(CC)COC2(CC(C)(C)N(C)C(C)(C)C2)OC1. The molecule has 2 aliphatic heterocycles. The number of rotatable bonds is 6. The minimum atomic E-state index is -0.543. The molecule has 2 rings (SSSR count). The second-order valence-electron chi connectivity index (χ2n) is 9.24. The van der Waals surface area contributed by atoms with Crippen LogP contribution in [0.4, 0.5) is 0 Å². The molecule has 6 heteroatoms. The number of hydrogen-bond donors (Lipinski definition) is 0. The van der Waals surface area contributed by atoms with Crippen LogP contribution in [0.15, 0.2) is 12.3 Å². The fourth-order valence-corrected chi connectivity index (χ4v) is 4.20. The van der Waals surface area contributed by atoms with E-state index in [1.807, 2.05) is 0 Å². The molecule has 1 spiro atoms. The van der Waals surface area contributed by atoms with Crippen molar-refractivity contribution in [1.82, 2.24) is 4.90 Å². The summed E-state index contributed by atoms with van der Waals surface area (Å²) in [7, 11) is 2.18. The van der Waals surface area contributed by atoms with Gasteiger partial charge in [0.2, 0.25) is 0 Å². The number of piperidine rings is 1. The summed E-state index contributed by atoms with van der Waals surface area (Å²) in [6, 6.07) is 0. The van der Waals surface area contributed by atoms with E-state index in [1.54, 1.807) is 6.92 Å². The summed E-state index contributed by atoms with van der Waals surface area (Å²) in [5.74, 6) is -0.937. The van der Waals surface area contributed by atoms with Gasteiger partial charge in [-0.05, 0) is 48.1 Å². The Balaban J connectivity index is 1.98. The van der Waals surface area contributed by atoms with Gasteiger partial charge in [-0.1, -0.05) is 6.92 Å². The number of carbonyl (C=O) groups excluding carboxylic acids is 1. The molecule has 0 N–H and O–H groups in total. The maximum atomic E-state index is 11.4. The molecule has 2 aliphatic rings. The van der Waals surface area contributed by atoms with Gasteiger partial charge in [-0.3, -0.25) is 4.90 Å². The average molecular weight is 384 g/mol. The van der Waals surface area contributed by atoms with Gasteiger partial charge in [-0.25, -0.2) is 4.79 Å². The molecule has 2 heterocycles. The van der Waals surface area contributed by atoms with E-state index in [9.17, 15) is 4.79 Å². The number of hydrogen-bond acceptors (Lipinski definition) is 6. The molecule has 2 fully saturated rings. The largest absolute Gasteiger partial charge is 0.500 e. The third-order valence-electron chi connectivity index (χ3n) is 6.23. The molecule has 6 nitrogen and oxygen atoms in total. The second kappa shape index (κ2) is 8.10. The summed E-state index contributed by atoms with van der Waals surface area (Å²) in [6.07, 6.45) is 5.26. The van der Waals surface area contributed by atoms with Crippen LogP contribution < -0.4 is 0 Å². The van der Waals surface area contributed by atoms with E-state index in [-0.39, 0.29) is 16.5 Å². The van der Waals surface area contributed by atoms with E-state index >= 15 is 0 Å². The summed E-state index contributed by atoms with van der Waals surface area (Å²) in [6.45, 7) is 14.8. The van der Waals surface area contributed by atoms with Crippen LogP contribution in [0.2, 0.25) is 0 Å². The van der Waals surface area contributed by atoms with Gasteiger partial charge in [-0.15, -0.1) is 0 Å². The smallest absolute Gasteiger partial charge is 0.333 e. The standard InChI is InChI=1S/C21H37NO5/c1-8-20(14-24-11-10-17(23)25-9-2)15-26-21(27-16-20)12-18(3,4)22(7)19(5,6)13-21/h10-11H,8-9,12-16H2,1-7H3. The van der Waals surface area contributed by atoms with Crippen molar-refractivity contribution in [3.05, 3.63) is 12.3 Å². The van der Waals surface area contributed by atoms with Gasteiger partial charge < -0.3 is 18.9 Å². The predicted octanol–water partition coefficient (Wildman–Crippen LogP) is 3.50. The molecular formula is C21H37NO5. The number of ether oxygens (including phenoxy) is 4. The molecule has 0 aliphatic carbocycles. The summed E-state index contributed by atoms with van der Waals surface area (Å²) in [5.41, 5.74) is -0.221. The maximum absolute atomic E-state index is 11.4. The first-order valence-corrected chi connectivity index (χ1v) is 9.97. The van der Waals surface area contributed by atoms with Crippen LogP contribution in [0, 0.1) is 5.41 Å². The second-order valence-corrected chi connectivity index (χ2v) is 9.24. The fraction of sp³-hybridized carbons (Fsp3) is 0.857. The van der Waals surface area contributed by atoms with Crippen LogP contribution in [-0.4, -0.2) is 61.2 Å². The Morgan fingerprint density at radius 1 is 1.07 bits per heavy atom. The van der Waals surface area contributed by atoms with E-state index in [0.717, 1.165) is 19.3 Å². The van der Waals surface area contributed by atoms with Crippen LogP contribution in [0.3, 0.4) is 0 Å². The molecule has 156 valence electrons. The Kier molecular flexibility index (Phi) is 6.65. The molecule has 0 unspecified atom stereocenters. The lowest BCUT2D eigenvalue weighted by atomic mass is 9.75. The van der Waals surface area contributed by atoms with Gasteiger partial charge in [-0.2, -0.15) is 0 Å². The summed E-state index contributed by atoms with van der Waals surface area (Å²) >= 11 is 0. The van der Waals surface area contributed by atoms with Gasteiger partial charge >= 0.3 is 5.97 Å². The van der Waals surface area contributed by atoms with Crippen molar-refractivity contribution < 1.29 is 23.7 Å². The molecule has 0 aromatic carbocycles. The zero-order chi connectivity index (χ0) is 20.3. The van der Waals surface area contributed by atoms with Crippen molar-refractivity contribution in [1.29, 1.82) is 0 Å². The first-order valence-electron chi connectivity index (χ1n) is 9.97. The molecule has 27 heavy (non-hydrogen) atoms. The molecule has 2 saturated heterocycles. The lowest BCUT2D eigenvalue weighted by Gasteiger charge is -2.59. The Hall–Kier alpha value is -1.11. The van der Waals surface area contributed by atoms with Crippen LogP contribution in [0.25, 0.3) is 0 Å². The highest BCUT2D eigenvalue weighted by molar-refractivity contribution is 5.81. The Bertz CT molecular complexity index is 527. The van der Waals surface area contributed by atoms with E-state index in [1.165, 1.54) is 12.3 Å². The van der Waals surface area contributed by atoms with Crippen LogP contribution in [0.5, 0.6) is 0 Å². The molecule has 0 radical (unpaired) electrons. The highest BCUT2D eigenvalue weighted by Gasteiger charge is 2.55. The van der Waals surface area contributed by atoms with Gasteiger partial charge in [0.25, 0.3) is 0 Å². The van der Waals surface area contributed by atoms with Crippen molar-refractivity contribution >= 4 is 5.97 Å². The molecular weight excluding hydrogens is 346 g/mol. The fourth-order valence-electron chi connectivity index (χ4n) is 4.20. The minimum absolute atomic E-state index is 0.00710. The summed E-state index contributed by atoms with van der Waals surface area (Å²) in [4.78, 5) is 13.8.